The van der Waals surface area contributed by atoms with Crippen LogP contribution in [0.15, 0.2) is 11.7 Å². The summed E-state index contributed by atoms with van der Waals surface area (Å²) >= 11 is 1.57. The largest absolute Gasteiger partial charge is 0.464 e. The first-order valence-electron chi connectivity index (χ1n) is 5.75. The summed E-state index contributed by atoms with van der Waals surface area (Å²) in [6, 6.07) is -0.426. The minimum Gasteiger partial charge on any atom is -0.464 e. The van der Waals surface area contributed by atoms with Crippen LogP contribution >= 0.6 is 11.3 Å². The van der Waals surface area contributed by atoms with Crippen molar-refractivity contribution in [1.82, 2.24) is 9.97 Å². The lowest BCUT2D eigenvalue weighted by molar-refractivity contribution is -0.143. The van der Waals surface area contributed by atoms with Crippen molar-refractivity contribution in [1.29, 1.82) is 0 Å². The number of aromatic nitrogens is 2. The van der Waals surface area contributed by atoms with Gasteiger partial charge in [0.05, 0.1) is 16.8 Å². The van der Waals surface area contributed by atoms with Gasteiger partial charge in [0.1, 0.15) is 18.2 Å². The Bertz CT molecular complexity index is 567. The number of anilines is 1. The summed E-state index contributed by atoms with van der Waals surface area (Å²) in [6.07, 6.45) is 1.50. The summed E-state index contributed by atoms with van der Waals surface area (Å²) in [5, 5.41) is 5.09. The maximum Gasteiger partial charge on any atom is 0.328 e. The van der Waals surface area contributed by atoms with Crippen LogP contribution in [0.2, 0.25) is 0 Å². The van der Waals surface area contributed by atoms with E-state index in [9.17, 15) is 4.79 Å². The van der Waals surface area contributed by atoms with E-state index in [-0.39, 0.29) is 5.97 Å². The third-order valence-electron chi connectivity index (χ3n) is 2.52. The zero-order valence-electron chi connectivity index (χ0n) is 10.6. The first-order valence-corrected chi connectivity index (χ1v) is 6.63. The second-order valence-corrected chi connectivity index (χ2v) is 4.82. The van der Waals surface area contributed by atoms with Gasteiger partial charge in [0.15, 0.2) is 0 Å². The van der Waals surface area contributed by atoms with E-state index in [2.05, 4.69) is 15.3 Å². The molecule has 96 valence electrons. The van der Waals surface area contributed by atoms with Crippen molar-refractivity contribution in [3.63, 3.8) is 0 Å². The number of hydrogen-bond acceptors (Lipinski definition) is 6. The number of fused-ring (bicyclic) bond motifs is 1. The normalized spacial score (nSPS) is 12.4. The van der Waals surface area contributed by atoms with Crippen LogP contribution in [-0.4, -0.2) is 28.6 Å². The van der Waals surface area contributed by atoms with Gasteiger partial charge < -0.3 is 10.1 Å². The number of nitrogens with one attached hydrogen (secondary N) is 1. The Morgan fingerprint density at radius 3 is 3.06 bits per heavy atom. The molecule has 1 N–H and O–H groups in total. The molecule has 0 saturated carbocycles. The highest BCUT2D eigenvalue weighted by Gasteiger charge is 2.16. The molecule has 0 aliphatic heterocycles. The Balaban J connectivity index is 2.24. The van der Waals surface area contributed by atoms with Gasteiger partial charge in [0.2, 0.25) is 0 Å². The van der Waals surface area contributed by atoms with Crippen molar-refractivity contribution in [2.75, 3.05) is 11.9 Å². The lowest BCUT2D eigenvalue weighted by Crippen LogP contribution is -2.28. The molecule has 1 atom stereocenters. The molecule has 0 radical (unpaired) electrons. The number of hydrogen-bond donors (Lipinski definition) is 1. The lowest BCUT2D eigenvalue weighted by atomic mass is 10.3. The smallest absolute Gasteiger partial charge is 0.328 e. The van der Waals surface area contributed by atoms with E-state index in [4.69, 9.17) is 4.74 Å². The van der Waals surface area contributed by atoms with E-state index in [0.717, 1.165) is 15.8 Å². The van der Waals surface area contributed by atoms with Crippen LogP contribution in [-0.2, 0) is 9.53 Å². The molecule has 18 heavy (non-hydrogen) atoms. The van der Waals surface area contributed by atoms with E-state index in [1.165, 1.54) is 6.33 Å². The summed E-state index contributed by atoms with van der Waals surface area (Å²) in [5.41, 5.74) is 2.04. The second-order valence-electron chi connectivity index (χ2n) is 3.94. The Labute approximate surface area is 109 Å². The zero-order chi connectivity index (χ0) is 13.1. The SMILES string of the molecule is CCOC(=O)C(C)Nc1ncnc2c(C)csc12. The monoisotopic (exact) mass is 265 g/mol. The molecule has 0 spiro atoms. The molecule has 2 aromatic rings. The summed E-state index contributed by atoms with van der Waals surface area (Å²) in [7, 11) is 0. The van der Waals surface area contributed by atoms with Crippen LogP contribution < -0.4 is 5.32 Å². The third kappa shape index (κ3) is 2.43. The molecular weight excluding hydrogens is 250 g/mol. The Morgan fingerprint density at radius 2 is 2.33 bits per heavy atom. The van der Waals surface area contributed by atoms with E-state index in [0.29, 0.717) is 12.4 Å². The maximum absolute atomic E-state index is 11.6. The Hall–Kier alpha value is -1.69. The first-order chi connectivity index (χ1) is 8.63. The minimum atomic E-state index is -0.426. The number of ether oxygens (including phenoxy) is 1. The second kappa shape index (κ2) is 5.30. The van der Waals surface area contributed by atoms with Crippen LogP contribution in [0.4, 0.5) is 5.82 Å². The molecule has 0 aromatic carbocycles. The van der Waals surface area contributed by atoms with Crippen molar-refractivity contribution < 1.29 is 9.53 Å². The van der Waals surface area contributed by atoms with E-state index >= 15 is 0 Å². The molecule has 2 heterocycles. The molecule has 0 fully saturated rings. The average molecular weight is 265 g/mol. The molecule has 1 unspecified atom stereocenters. The fraction of sp³-hybridized carbons (Fsp3) is 0.417. The maximum atomic E-state index is 11.6. The van der Waals surface area contributed by atoms with Crippen LogP contribution in [0.3, 0.4) is 0 Å². The van der Waals surface area contributed by atoms with Gasteiger partial charge in [0.25, 0.3) is 0 Å². The molecule has 0 aliphatic rings. The van der Waals surface area contributed by atoms with E-state index in [1.807, 2.05) is 12.3 Å². The molecule has 5 nitrogen and oxygen atoms in total. The summed E-state index contributed by atoms with van der Waals surface area (Å²) in [6.45, 7) is 5.93. The topological polar surface area (TPSA) is 64.1 Å². The molecule has 0 aliphatic carbocycles. The third-order valence-corrected chi connectivity index (χ3v) is 3.62. The van der Waals surface area contributed by atoms with Gasteiger partial charge in [-0.3, -0.25) is 0 Å². The standard InChI is InChI=1S/C12H15N3O2S/c1-4-17-12(16)8(3)15-11-10-9(13-6-14-11)7(2)5-18-10/h5-6,8H,4H2,1-3H3,(H,13,14,15). The van der Waals surface area contributed by atoms with Crippen LogP contribution in [0.1, 0.15) is 19.4 Å². The van der Waals surface area contributed by atoms with Crippen molar-refractivity contribution >= 4 is 33.3 Å². The molecule has 2 aromatic heterocycles. The van der Waals surface area contributed by atoms with Gasteiger partial charge in [-0.1, -0.05) is 0 Å². The minimum absolute atomic E-state index is 0.280. The van der Waals surface area contributed by atoms with Gasteiger partial charge in [-0.15, -0.1) is 11.3 Å². The first kappa shape index (κ1) is 12.8. The molecule has 6 heteroatoms. The van der Waals surface area contributed by atoms with Gasteiger partial charge in [-0.25, -0.2) is 14.8 Å². The highest BCUT2D eigenvalue weighted by molar-refractivity contribution is 7.18. The van der Waals surface area contributed by atoms with Crippen molar-refractivity contribution in [3.05, 3.63) is 17.3 Å². The van der Waals surface area contributed by atoms with Crippen LogP contribution in [0.5, 0.6) is 0 Å². The lowest BCUT2D eigenvalue weighted by Gasteiger charge is -2.13. The quantitative estimate of drug-likeness (QED) is 0.860. The number of rotatable bonds is 4. The Morgan fingerprint density at radius 1 is 1.56 bits per heavy atom. The number of carbonyl (C=O) groups excluding carboxylic acids is 1. The van der Waals surface area contributed by atoms with Crippen molar-refractivity contribution in [3.8, 4) is 0 Å². The van der Waals surface area contributed by atoms with Gasteiger partial charge in [-0.05, 0) is 31.7 Å². The van der Waals surface area contributed by atoms with Crippen LogP contribution in [0.25, 0.3) is 10.2 Å². The molecule has 2 rings (SSSR count). The van der Waals surface area contributed by atoms with Gasteiger partial charge in [0, 0.05) is 0 Å². The fourth-order valence-electron chi connectivity index (χ4n) is 1.60. The van der Waals surface area contributed by atoms with Crippen LogP contribution in [0, 0.1) is 6.92 Å². The molecule has 0 bridgehead atoms. The highest BCUT2D eigenvalue weighted by Crippen LogP contribution is 2.28. The fourth-order valence-corrected chi connectivity index (χ4v) is 2.56. The summed E-state index contributed by atoms with van der Waals surface area (Å²) < 4.78 is 5.92. The average Bonchev–Trinajstić information content (AvgIpc) is 2.73. The van der Waals surface area contributed by atoms with Gasteiger partial charge in [-0.2, -0.15) is 0 Å². The number of esters is 1. The van der Waals surface area contributed by atoms with Crippen molar-refractivity contribution in [2.45, 2.75) is 26.8 Å². The number of nitrogens with zero attached hydrogens (tertiary/aromatic N) is 2. The van der Waals surface area contributed by atoms with Gasteiger partial charge >= 0.3 is 5.97 Å². The predicted molar refractivity (Wildman–Crippen MR) is 71.9 cm³/mol. The number of carbonyl (C=O) groups is 1. The molecule has 0 amide bonds. The number of thiophene rings is 1. The highest BCUT2D eigenvalue weighted by atomic mass is 32.1. The molecular formula is C12H15N3O2S. The Kier molecular flexibility index (Phi) is 3.76. The zero-order valence-corrected chi connectivity index (χ0v) is 11.4. The van der Waals surface area contributed by atoms with E-state index < -0.39 is 6.04 Å². The molecule has 0 saturated heterocycles. The summed E-state index contributed by atoms with van der Waals surface area (Å²) in [5.74, 6) is 0.399. The van der Waals surface area contributed by atoms with E-state index in [1.54, 1.807) is 25.2 Å². The summed E-state index contributed by atoms with van der Waals surface area (Å²) in [4.78, 5) is 20.0. The predicted octanol–water partition coefficient (Wildman–Crippen LogP) is 2.36. The number of aryl methyl sites for hydroxylation is 1. The van der Waals surface area contributed by atoms with Crippen molar-refractivity contribution in [2.24, 2.45) is 0 Å².